The summed E-state index contributed by atoms with van der Waals surface area (Å²) in [4.78, 5) is 16.2. The molecule has 2 heterocycles. The number of alkyl halides is 1. The number of halogens is 1. The highest BCUT2D eigenvalue weighted by molar-refractivity contribution is 9.09. The molecule has 22 heavy (non-hydrogen) atoms. The molecule has 1 aliphatic rings. The molecule has 0 bridgehead atoms. The molecule has 108 valence electrons. The van der Waals surface area contributed by atoms with Gasteiger partial charge < -0.3 is 5.32 Å². The van der Waals surface area contributed by atoms with Crippen molar-refractivity contribution in [2.45, 2.75) is 11.9 Å². The number of rotatable bonds is 2. The maximum atomic E-state index is 12.3. The third kappa shape index (κ3) is 2.61. The number of aryl methyl sites for hydroxylation is 1. The fourth-order valence-electron chi connectivity index (χ4n) is 2.15. The van der Waals surface area contributed by atoms with Gasteiger partial charge in [0.15, 0.2) is 4.95 Å². The lowest BCUT2D eigenvalue weighted by molar-refractivity contribution is 0.102. The number of hydrogen-bond donors (Lipinski definition) is 1. The summed E-state index contributed by atoms with van der Waals surface area (Å²) in [5, 5.41) is 19.6. The maximum Gasteiger partial charge on any atom is 0.274 e. The number of pyridine rings is 1. The van der Waals surface area contributed by atoms with E-state index in [1.54, 1.807) is 25.1 Å². The molecule has 1 aromatic heterocycles. The van der Waals surface area contributed by atoms with Crippen LogP contribution < -0.4 is 5.32 Å². The summed E-state index contributed by atoms with van der Waals surface area (Å²) in [6.07, 6.45) is 1.39. The molecule has 1 atom stereocenters. The van der Waals surface area contributed by atoms with Crippen LogP contribution in [-0.2, 0) is 0 Å². The van der Waals surface area contributed by atoms with Crippen LogP contribution in [0.1, 0.15) is 32.1 Å². The van der Waals surface area contributed by atoms with Crippen molar-refractivity contribution in [2.24, 2.45) is 10.2 Å². The summed E-state index contributed by atoms with van der Waals surface area (Å²) in [5.74, 6) is -0.320. The Labute approximate surface area is 135 Å². The molecular weight excluding hydrogens is 346 g/mol. The van der Waals surface area contributed by atoms with Crippen molar-refractivity contribution >= 4 is 33.2 Å². The third-order valence-electron chi connectivity index (χ3n) is 3.23. The first-order chi connectivity index (χ1) is 10.6. The average molecular weight is 356 g/mol. The van der Waals surface area contributed by atoms with Gasteiger partial charge in [-0.3, -0.25) is 4.79 Å². The zero-order valence-corrected chi connectivity index (χ0v) is 13.1. The van der Waals surface area contributed by atoms with E-state index in [9.17, 15) is 4.79 Å². The molecule has 0 aliphatic carbocycles. The molecule has 0 spiro atoms. The Bertz CT molecular complexity index is 840. The zero-order valence-electron chi connectivity index (χ0n) is 11.5. The van der Waals surface area contributed by atoms with E-state index < -0.39 is 0 Å². The van der Waals surface area contributed by atoms with Crippen LogP contribution in [0.4, 0.5) is 11.4 Å². The maximum absolute atomic E-state index is 12.3. The fraction of sp³-hybridized carbons (Fsp3) is 0.133. The van der Waals surface area contributed by atoms with Crippen LogP contribution >= 0.6 is 15.9 Å². The molecule has 6 nitrogen and oxygen atoms in total. The van der Waals surface area contributed by atoms with E-state index in [0.717, 1.165) is 11.3 Å². The van der Waals surface area contributed by atoms with Gasteiger partial charge in [0.25, 0.3) is 5.91 Å². The fourth-order valence-corrected chi connectivity index (χ4v) is 2.61. The Morgan fingerprint density at radius 3 is 2.95 bits per heavy atom. The minimum atomic E-state index is -0.320. The van der Waals surface area contributed by atoms with Crippen LogP contribution in [0, 0.1) is 18.3 Å². The highest BCUT2D eigenvalue weighted by Gasteiger charge is 2.19. The van der Waals surface area contributed by atoms with Gasteiger partial charge in [0, 0.05) is 17.4 Å². The van der Waals surface area contributed by atoms with E-state index in [1.165, 1.54) is 6.20 Å². The lowest BCUT2D eigenvalue weighted by atomic mass is 10.1. The first kappa shape index (κ1) is 14.4. The van der Waals surface area contributed by atoms with Gasteiger partial charge in [-0.25, -0.2) is 4.98 Å². The lowest BCUT2D eigenvalue weighted by Crippen LogP contribution is -2.15. The minimum absolute atomic E-state index is 0.186. The number of carbonyl (C=O) groups is 1. The number of nitrogens with zero attached hydrogens (tertiary/aromatic N) is 4. The number of azo groups is 1. The van der Waals surface area contributed by atoms with Gasteiger partial charge in [-0.15, -0.1) is 0 Å². The summed E-state index contributed by atoms with van der Waals surface area (Å²) in [7, 11) is 0. The number of hydrogen-bond acceptors (Lipinski definition) is 5. The highest BCUT2D eigenvalue weighted by Crippen LogP contribution is 2.40. The van der Waals surface area contributed by atoms with E-state index in [-0.39, 0.29) is 10.9 Å². The number of nitrogens with one attached hydrogen (secondary N) is 1. The standard InChI is InChI=1S/C15H10BrN5O/c1-8-4-9(6-17)7-18-13(8)15(22)19-10-2-3-12-11(5-10)14(16)21-20-12/h2-5,7,14H,1H3,(H,19,22). The molecule has 1 N–H and O–H groups in total. The van der Waals surface area contributed by atoms with Crippen molar-refractivity contribution in [3.8, 4) is 6.07 Å². The molecule has 0 fully saturated rings. The number of aromatic nitrogens is 1. The predicted molar refractivity (Wildman–Crippen MR) is 84.3 cm³/mol. The predicted octanol–water partition coefficient (Wildman–Crippen LogP) is 4.00. The summed E-state index contributed by atoms with van der Waals surface area (Å²) in [6.45, 7) is 1.75. The number of fused-ring (bicyclic) bond motifs is 1. The van der Waals surface area contributed by atoms with Gasteiger partial charge in [0.2, 0.25) is 0 Å². The number of carbonyl (C=O) groups excluding carboxylic acids is 1. The van der Waals surface area contributed by atoms with Gasteiger partial charge in [-0.05, 0) is 36.8 Å². The molecule has 1 unspecified atom stereocenters. The van der Waals surface area contributed by atoms with Crippen molar-refractivity contribution in [2.75, 3.05) is 5.32 Å². The molecule has 1 amide bonds. The van der Waals surface area contributed by atoms with Crippen LogP contribution in [0.2, 0.25) is 0 Å². The Morgan fingerprint density at radius 1 is 1.41 bits per heavy atom. The normalized spacial score (nSPS) is 15.2. The Balaban J connectivity index is 1.84. The second-order valence-corrected chi connectivity index (χ2v) is 5.65. The highest BCUT2D eigenvalue weighted by atomic mass is 79.9. The molecule has 7 heteroatoms. The summed E-state index contributed by atoms with van der Waals surface area (Å²) >= 11 is 3.39. The van der Waals surface area contributed by atoms with Crippen LogP contribution in [0.5, 0.6) is 0 Å². The summed E-state index contributed by atoms with van der Waals surface area (Å²) < 4.78 is 0. The number of amides is 1. The van der Waals surface area contributed by atoms with Crippen LogP contribution in [0.25, 0.3) is 0 Å². The molecule has 0 saturated heterocycles. The smallest absolute Gasteiger partial charge is 0.274 e. The van der Waals surface area contributed by atoms with Crippen molar-refractivity contribution in [1.29, 1.82) is 5.26 Å². The molecule has 2 aromatic rings. The van der Waals surface area contributed by atoms with Gasteiger partial charge in [-0.1, -0.05) is 15.9 Å². The summed E-state index contributed by atoms with van der Waals surface area (Å²) in [6, 6.07) is 9.02. The third-order valence-corrected chi connectivity index (χ3v) is 3.91. The Kier molecular flexibility index (Phi) is 3.69. The van der Waals surface area contributed by atoms with Gasteiger partial charge in [0.1, 0.15) is 11.8 Å². The number of anilines is 1. The minimum Gasteiger partial charge on any atom is -0.321 e. The average Bonchev–Trinajstić information content (AvgIpc) is 2.88. The van der Waals surface area contributed by atoms with E-state index >= 15 is 0 Å². The zero-order chi connectivity index (χ0) is 15.7. The quantitative estimate of drug-likeness (QED) is 0.651. The van der Waals surface area contributed by atoms with Crippen molar-refractivity contribution in [3.63, 3.8) is 0 Å². The summed E-state index contributed by atoms with van der Waals surface area (Å²) in [5.41, 5.74) is 3.71. The van der Waals surface area contributed by atoms with E-state index in [0.29, 0.717) is 22.5 Å². The van der Waals surface area contributed by atoms with E-state index in [2.05, 4.69) is 36.5 Å². The van der Waals surface area contributed by atoms with Crippen LogP contribution in [0.3, 0.4) is 0 Å². The van der Waals surface area contributed by atoms with Crippen LogP contribution in [-0.4, -0.2) is 10.9 Å². The topological polar surface area (TPSA) is 90.5 Å². The van der Waals surface area contributed by atoms with Gasteiger partial charge in [-0.2, -0.15) is 15.5 Å². The van der Waals surface area contributed by atoms with Gasteiger partial charge >= 0.3 is 0 Å². The first-order valence-corrected chi connectivity index (χ1v) is 7.37. The SMILES string of the molecule is Cc1cc(C#N)cnc1C(=O)Nc1ccc2c(c1)C(Br)N=N2. The van der Waals surface area contributed by atoms with E-state index in [1.807, 2.05) is 12.1 Å². The number of benzene rings is 1. The number of nitriles is 1. The largest absolute Gasteiger partial charge is 0.321 e. The molecule has 3 rings (SSSR count). The van der Waals surface area contributed by atoms with E-state index in [4.69, 9.17) is 5.26 Å². The van der Waals surface area contributed by atoms with Crippen molar-refractivity contribution in [1.82, 2.24) is 4.98 Å². The van der Waals surface area contributed by atoms with Crippen molar-refractivity contribution < 1.29 is 4.79 Å². The monoisotopic (exact) mass is 355 g/mol. The molecule has 1 aliphatic heterocycles. The lowest BCUT2D eigenvalue weighted by Gasteiger charge is -2.08. The van der Waals surface area contributed by atoms with Crippen molar-refractivity contribution in [3.05, 3.63) is 52.8 Å². The molecule has 1 aromatic carbocycles. The van der Waals surface area contributed by atoms with Crippen LogP contribution in [0.15, 0.2) is 40.7 Å². The Hall–Kier alpha value is -2.59. The molecular formula is C15H10BrN5O. The molecule has 0 radical (unpaired) electrons. The second kappa shape index (κ2) is 5.66. The first-order valence-electron chi connectivity index (χ1n) is 6.45. The Morgan fingerprint density at radius 2 is 2.23 bits per heavy atom. The second-order valence-electron chi connectivity index (χ2n) is 4.78. The molecule has 0 saturated carbocycles. The van der Waals surface area contributed by atoms with Gasteiger partial charge in [0.05, 0.1) is 11.3 Å².